The minimum atomic E-state index is -0.635. The number of ether oxygens (including phenoxy) is 1. The molecule has 2 atom stereocenters. The monoisotopic (exact) mass is 337 g/mol. The van der Waals surface area contributed by atoms with E-state index in [-0.39, 0.29) is 17.8 Å². The summed E-state index contributed by atoms with van der Waals surface area (Å²) in [5, 5.41) is 5.07. The Balaban J connectivity index is 1.64. The average Bonchev–Trinajstić information content (AvgIpc) is 2.62. The Bertz CT molecular complexity index is 876. The van der Waals surface area contributed by atoms with Crippen LogP contribution in [0, 0.1) is 5.82 Å². The number of halogens is 1. The molecule has 0 unspecified atom stereocenters. The summed E-state index contributed by atoms with van der Waals surface area (Å²) in [7, 11) is 0. The fourth-order valence-electron chi connectivity index (χ4n) is 2.66. The van der Waals surface area contributed by atoms with Crippen molar-refractivity contribution in [2.45, 2.75) is 26.0 Å². The van der Waals surface area contributed by atoms with E-state index in [1.165, 1.54) is 12.1 Å². The lowest BCUT2D eigenvalue weighted by molar-refractivity contribution is -0.127. The second-order valence-electron chi connectivity index (χ2n) is 6.05. The maximum absolute atomic E-state index is 13.0. The molecule has 0 saturated heterocycles. The van der Waals surface area contributed by atoms with Gasteiger partial charge >= 0.3 is 0 Å². The van der Waals surface area contributed by atoms with E-state index in [0.29, 0.717) is 5.75 Å². The first-order valence-corrected chi connectivity index (χ1v) is 8.24. The van der Waals surface area contributed by atoms with E-state index < -0.39 is 6.10 Å². The van der Waals surface area contributed by atoms with E-state index in [1.807, 2.05) is 49.4 Å². The summed E-state index contributed by atoms with van der Waals surface area (Å²) in [6, 6.07) is 19.6. The molecule has 3 rings (SSSR count). The Hall–Kier alpha value is -2.88. The summed E-state index contributed by atoms with van der Waals surface area (Å²) >= 11 is 0. The molecule has 0 saturated carbocycles. The van der Waals surface area contributed by atoms with Crippen LogP contribution in [0.15, 0.2) is 66.7 Å². The Morgan fingerprint density at radius 2 is 1.64 bits per heavy atom. The smallest absolute Gasteiger partial charge is 0.261 e. The fraction of sp³-hybridized carbons (Fsp3) is 0.190. The molecule has 0 heterocycles. The molecule has 0 aliphatic carbocycles. The van der Waals surface area contributed by atoms with Crippen molar-refractivity contribution >= 4 is 16.7 Å². The molecule has 0 radical (unpaired) electrons. The molecule has 1 N–H and O–H groups in total. The number of amides is 1. The van der Waals surface area contributed by atoms with Gasteiger partial charge in [0.2, 0.25) is 0 Å². The summed E-state index contributed by atoms with van der Waals surface area (Å²) in [6.45, 7) is 3.57. The normalized spacial score (nSPS) is 13.2. The molecule has 3 aromatic carbocycles. The van der Waals surface area contributed by atoms with Gasteiger partial charge in [-0.25, -0.2) is 4.39 Å². The van der Waals surface area contributed by atoms with E-state index in [1.54, 1.807) is 19.1 Å². The minimum absolute atomic E-state index is 0.218. The molecule has 0 aliphatic heterocycles. The summed E-state index contributed by atoms with van der Waals surface area (Å²) in [5.41, 5.74) is 0.840. The number of hydrogen-bond donors (Lipinski definition) is 1. The number of carbonyl (C=O) groups is 1. The Morgan fingerprint density at radius 1 is 0.960 bits per heavy atom. The minimum Gasteiger partial charge on any atom is -0.481 e. The van der Waals surface area contributed by atoms with Gasteiger partial charge in [-0.1, -0.05) is 42.5 Å². The summed E-state index contributed by atoms with van der Waals surface area (Å²) in [5.74, 6) is 0.135. The lowest BCUT2D eigenvalue weighted by Gasteiger charge is -2.19. The van der Waals surface area contributed by atoms with Crippen LogP contribution in [0.2, 0.25) is 0 Å². The van der Waals surface area contributed by atoms with Gasteiger partial charge in [0, 0.05) is 0 Å². The third-order valence-electron chi connectivity index (χ3n) is 4.13. The van der Waals surface area contributed by atoms with Crippen molar-refractivity contribution in [1.29, 1.82) is 0 Å². The second-order valence-corrected chi connectivity index (χ2v) is 6.05. The number of benzene rings is 3. The summed E-state index contributed by atoms with van der Waals surface area (Å²) in [6.07, 6.45) is -0.635. The highest BCUT2D eigenvalue weighted by Crippen LogP contribution is 2.21. The van der Waals surface area contributed by atoms with Gasteiger partial charge in [0.15, 0.2) is 6.10 Å². The van der Waals surface area contributed by atoms with Crippen molar-refractivity contribution in [2.75, 3.05) is 0 Å². The van der Waals surface area contributed by atoms with Crippen LogP contribution in [0.25, 0.3) is 10.8 Å². The molecule has 4 heteroatoms. The van der Waals surface area contributed by atoms with Gasteiger partial charge in [-0.05, 0) is 54.4 Å². The number of hydrogen-bond acceptors (Lipinski definition) is 2. The molecule has 0 aliphatic rings. The predicted molar refractivity (Wildman–Crippen MR) is 97.0 cm³/mol. The van der Waals surface area contributed by atoms with Crippen molar-refractivity contribution in [3.63, 3.8) is 0 Å². The lowest BCUT2D eigenvalue weighted by Crippen LogP contribution is -2.37. The van der Waals surface area contributed by atoms with Crippen molar-refractivity contribution in [3.05, 3.63) is 78.1 Å². The predicted octanol–water partition coefficient (Wildman–Crippen LogP) is 4.62. The molecule has 0 bridgehead atoms. The molecule has 1 amide bonds. The van der Waals surface area contributed by atoms with Crippen LogP contribution in [-0.2, 0) is 4.79 Å². The van der Waals surface area contributed by atoms with Gasteiger partial charge in [-0.15, -0.1) is 0 Å². The van der Waals surface area contributed by atoms with Crippen LogP contribution in [0.3, 0.4) is 0 Å². The SMILES string of the molecule is C[C@H](Oc1ccc2ccccc2c1)C(=O)N[C@H](C)c1ccc(F)cc1. The fourth-order valence-corrected chi connectivity index (χ4v) is 2.66. The van der Waals surface area contributed by atoms with Gasteiger partial charge in [-0.3, -0.25) is 4.79 Å². The lowest BCUT2D eigenvalue weighted by atomic mass is 10.1. The molecular formula is C21H20FNO2. The maximum atomic E-state index is 13.0. The second kappa shape index (κ2) is 7.34. The molecule has 3 aromatic rings. The van der Waals surface area contributed by atoms with Crippen LogP contribution < -0.4 is 10.1 Å². The van der Waals surface area contributed by atoms with Gasteiger partial charge in [0.05, 0.1) is 6.04 Å². The average molecular weight is 337 g/mol. The van der Waals surface area contributed by atoms with Gasteiger partial charge in [-0.2, -0.15) is 0 Å². The summed E-state index contributed by atoms with van der Waals surface area (Å²) in [4.78, 5) is 12.4. The summed E-state index contributed by atoms with van der Waals surface area (Å²) < 4.78 is 18.8. The van der Waals surface area contributed by atoms with Crippen LogP contribution in [0.5, 0.6) is 5.75 Å². The highest BCUT2D eigenvalue weighted by molar-refractivity contribution is 5.84. The van der Waals surface area contributed by atoms with Gasteiger partial charge < -0.3 is 10.1 Å². The van der Waals surface area contributed by atoms with Crippen molar-refractivity contribution in [1.82, 2.24) is 5.32 Å². The first-order chi connectivity index (χ1) is 12.0. The quantitative estimate of drug-likeness (QED) is 0.737. The van der Waals surface area contributed by atoms with Crippen LogP contribution in [-0.4, -0.2) is 12.0 Å². The van der Waals surface area contributed by atoms with E-state index in [0.717, 1.165) is 16.3 Å². The van der Waals surface area contributed by atoms with Crippen molar-refractivity contribution < 1.29 is 13.9 Å². The maximum Gasteiger partial charge on any atom is 0.261 e. The molecule has 0 fully saturated rings. The third-order valence-corrected chi connectivity index (χ3v) is 4.13. The zero-order valence-corrected chi connectivity index (χ0v) is 14.2. The Labute approximate surface area is 146 Å². The van der Waals surface area contributed by atoms with E-state index >= 15 is 0 Å². The largest absolute Gasteiger partial charge is 0.481 e. The number of fused-ring (bicyclic) bond motifs is 1. The highest BCUT2D eigenvalue weighted by Gasteiger charge is 2.18. The van der Waals surface area contributed by atoms with Crippen molar-refractivity contribution in [2.24, 2.45) is 0 Å². The molecule has 3 nitrogen and oxygen atoms in total. The van der Waals surface area contributed by atoms with E-state index in [4.69, 9.17) is 4.74 Å². The molecule has 0 aromatic heterocycles. The van der Waals surface area contributed by atoms with Crippen LogP contribution >= 0.6 is 0 Å². The van der Waals surface area contributed by atoms with E-state index in [9.17, 15) is 9.18 Å². The molecule has 128 valence electrons. The zero-order chi connectivity index (χ0) is 17.8. The van der Waals surface area contributed by atoms with E-state index in [2.05, 4.69) is 5.32 Å². The van der Waals surface area contributed by atoms with Gasteiger partial charge in [0.25, 0.3) is 5.91 Å². The zero-order valence-electron chi connectivity index (χ0n) is 14.2. The number of rotatable bonds is 5. The molecular weight excluding hydrogens is 317 g/mol. The van der Waals surface area contributed by atoms with Crippen LogP contribution in [0.1, 0.15) is 25.5 Å². The number of carbonyl (C=O) groups excluding carboxylic acids is 1. The van der Waals surface area contributed by atoms with Gasteiger partial charge in [0.1, 0.15) is 11.6 Å². The first kappa shape index (κ1) is 17.0. The Morgan fingerprint density at radius 3 is 2.36 bits per heavy atom. The van der Waals surface area contributed by atoms with Crippen LogP contribution in [0.4, 0.5) is 4.39 Å². The highest BCUT2D eigenvalue weighted by atomic mass is 19.1. The third kappa shape index (κ3) is 4.15. The molecule has 0 spiro atoms. The number of nitrogens with one attached hydrogen (secondary N) is 1. The first-order valence-electron chi connectivity index (χ1n) is 8.24. The van der Waals surface area contributed by atoms with Crippen molar-refractivity contribution in [3.8, 4) is 5.75 Å². The Kier molecular flexibility index (Phi) is 4.98. The standard InChI is InChI=1S/C21H20FNO2/c1-14(16-7-10-19(22)11-8-16)23-21(24)15(2)25-20-12-9-17-5-3-4-6-18(17)13-20/h3-15H,1-2H3,(H,23,24)/t14-,15+/m1/s1. The topological polar surface area (TPSA) is 38.3 Å². The molecule has 25 heavy (non-hydrogen) atoms.